The molecule has 1 heterocycles. The van der Waals surface area contributed by atoms with Gasteiger partial charge in [-0.2, -0.15) is 0 Å². The molecule has 1 aliphatic heterocycles. The molecular weight excluding hydrogens is 305 g/mol. The third-order valence-corrected chi connectivity index (χ3v) is 4.71. The lowest BCUT2D eigenvalue weighted by molar-refractivity contribution is 0.0665. The molecule has 1 saturated heterocycles. The molecule has 2 aliphatic rings. The van der Waals surface area contributed by atoms with Crippen LogP contribution >= 0.6 is 0 Å². The van der Waals surface area contributed by atoms with Crippen LogP contribution in [0.2, 0.25) is 0 Å². The predicted molar refractivity (Wildman–Crippen MR) is 84.3 cm³/mol. The highest BCUT2D eigenvalue weighted by atomic mass is 19.3. The van der Waals surface area contributed by atoms with Crippen LogP contribution < -0.4 is 10.6 Å². The average molecular weight is 326 g/mol. The number of halogens is 3. The van der Waals surface area contributed by atoms with E-state index in [1.165, 1.54) is 12.1 Å². The highest BCUT2D eigenvalue weighted by molar-refractivity contribution is 5.78. The first-order valence-electron chi connectivity index (χ1n) is 7.84. The molecule has 7 heteroatoms. The molecule has 0 bridgehead atoms. The van der Waals surface area contributed by atoms with Crippen molar-refractivity contribution < 1.29 is 13.2 Å². The summed E-state index contributed by atoms with van der Waals surface area (Å²) < 4.78 is 38.7. The maximum absolute atomic E-state index is 13.0. The zero-order valence-corrected chi connectivity index (χ0v) is 12.9. The summed E-state index contributed by atoms with van der Waals surface area (Å²) in [4.78, 5) is 8.25. The maximum atomic E-state index is 13.0. The Morgan fingerprint density at radius 3 is 2.26 bits per heavy atom. The van der Waals surface area contributed by atoms with Crippen molar-refractivity contribution in [2.24, 2.45) is 16.1 Å². The Hall–Kier alpha value is -1.92. The smallest absolute Gasteiger partial charge is 0.245 e. The Balaban J connectivity index is 1.53. The van der Waals surface area contributed by atoms with Crippen LogP contribution in [-0.4, -0.2) is 50.0 Å². The number of hydrogen-bond acceptors (Lipinski definition) is 2. The summed E-state index contributed by atoms with van der Waals surface area (Å²) in [5.41, 5.74) is 5.99. The van der Waals surface area contributed by atoms with Gasteiger partial charge in [-0.1, -0.05) is 0 Å². The van der Waals surface area contributed by atoms with E-state index in [0.29, 0.717) is 31.9 Å². The van der Waals surface area contributed by atoms with E-state index in [4.69, 9.17) is 5.73 Å². The summed E-state index contributed by atoms with van der Waals surface area (Å²) >= 11 is 0. The second kappa shape index (κ2) is 6.29. The zero-order valence-electron chi connectivity index (χ0n) is 12.9. The second-order valence-electron chi connectivity index (χ2n) is 6.29. The van der Waals surface area contributed by atoms with Gasteiger partial charge < -0.3 is 15.5 Å². The fraction of sp³-hybridized carbons (Fsp3) is 0.562. The number of guanidine groups is 1. The lowest BCUT2D eigenvalue weighted by Crippen LogP contribution is -2.51. The first-order valence-corrected chi connectivity index (χ1v) is 7.84. The molecule has 1 aromatic rings. The van der Waals surface area contributed by atoms with Gasteiger partial charge in [-0.15, -0.1) is 0 Å². The summed E-state index contributed by atoms with van der Waals surface area (Å²) in [6, 6.07) is 6.39. The van der Waals surface area contributed by atoms with Crippen LogP contribution in [0.25, 0.3) is 0 Å². The van der Waals surface area contributed by atoms with Crippen molar-refractivity contribution in [1.82, 2.24) is 4.90 Å². The number of anilines is 1. The maximum Gasteiger partial charge on any atom is 0.245 e. The highest BCUT2D eigenvalue weighted by Crippen LogP contribution is 2.50. The molecule has 0 aromatic heterocycles. The highest BCUT2D eigenvalue weighted by Gasteiger charge is 2.51. The molecule has 1 aromatic carbocycles. The minimum absolute atomic E-state index is 0.106. The Kier molecular flexibility index (Phi) is 4.37. The quantitative estimate of drug-likeness (QED) is 0.682. The van der Waals surface area contributed by atoms with E-state index in [-0.39, 0.29) is 12.4 Å². The van der Waals surface area contributed by atoms with Crippen molar-refractivity contribution >= 4 is 11.6 Å². The summed E-state index contributed by atoms with van der Waals surface area (Å²) in [6.45, 7) is 2.93. The lowest BCUT2D eigenvalue weighted by atomic mass is 10.1. The minimum Gasteiger partial charge on any atom is -0.370 e. The van der Waals surface area contributed by atoms with Crippen molar-refractivity contribution in [3.8, 4) is 0 Å². The Morgan fingerprint density at radius 2 is 1.74 bits per heavy atom. The number of hydrogen-bond donors (Lipinski definition) is 1. The molecule has 0 amide bonds. The van der Waals surface area contributed by atoms with Gasteiger partial charge in [0.1, 0.15) is 5.82 Å². The molecule has 2 fully saturated rings. The van der Waals surface area contributed by atoms with Crippen LogP contribution in [0.5, 0.6) is 0 Å². The zero-order chi connectivity index (χ0) is 16.4. The van der Waals surface area contributed by atoms with Crippen molar-refractivity contribution in [3.05, 3.63) is 30.1 Å². The standard InChI is InChI=1S/C16H21F3N4/c17-12-1-3-13(4-2-12)22-7-9-23(10-8-22)15(20)21-11-16(5-6-16)14(18)19/h1-4,14H,5-11H2,(H2,20,21). The molecule has 0 radical (unpaired) electrons. The first kappa shape index (κ1) is 16.0. The fourth-order valence-corrected chi connectivity index (χ4v) is 2.79. The third kappa shape index (κ3) is 3.54. The van der Waals surface area contributed by atoms with Gasteiger partial charge in [0, 0.05) is 31.9 Å². The molecule has 1 saturated carbocycles. The molecule has 4 nitrogen and oxygen atoms in total. The lowest BCUT2D eigenvalue weighted by Gasteiger charge is -2.36. The Morgan fingerprint density at radius 1 is 1.13 bits per heavy atom. The van der Waals surface area contributed by atoms with Gasteiger partial charge in [0.25, 0.3) is 0 Å². The summed E-state index contributed by atoms with van der Waals surface area (Å²) in [5, 5.41) is 0. The van der Waals surface area contributed by atoms with E-state index in [2.05, 4.69) is 9.89 Å². The molecule has 0 unspecified atom stereocenters. The number of piperazine rings is 1. The van der Waals surface area contributed by atoms with Crippen LogP contribution in [0, 0.1) is 11.2 Å². The Labute approximate surface area is 133 Å². The van der Waals surface area contributed by atoms with Crippen molar-refractivity contribution in [1.29, 1.82) is 0 Å². The summed E-state index contributed by atoms with van der Waals surface area (Å²) in [5.74, 6) is 0.0903. The SMILES string of the molecule is NC(=NCC1(C(F)F)CC1)N1CCN(c2ccc(F)cc2)CC1. The van der Waals surface area contributed by atoms with Crippen LogP contribution in [0.4, 0.5) is 18.9 Å². The molecule has 23 heavy (non-hydrogen) atoms. The van der Waals surface area contributed by atoms with Gasteiger partial charge in [-0.05, 0) is 37.1 Å². The normalized spacial score (nSPS) is 21.0. The first-order chi connectivity index (χ1) is 11.0. The number of alkyl halides is 2. The molecular formula is C16H21F3N4. The van der Waals surface area contributed by atoms with E-state index >= 15 is 0 Å². The average Bonchev–Trinajstić information content (AvgIpc) is 3.35. The fourth-order valence-electron chi connectivity index (χ4n) is 2.79. The molecule has 1 aliphatic carbocycles. The monoisotopic (exact) mass is 326 g/mol. The largest absolute Gasteiger partial charge is 0.370 e. The van der Waals surface area contributed by atoms with Crippen LogP contribution in [0.3, 0.4) is 0 Å². The van der Waals surface area contributed by atoms with E-state index in [9.17, 15) is 13.2 Å². The molecule has 2 N–H and O–H groups in total. The van der Waals surface area contributed by atoms with Gasteiger partial charge in [-0.25, -0.2) is 13.2 Å². The van der Waals surface area contributed by atoms with Crippen molar-refractivity contribution in [2.75, 3.05) is 37.6 Å². The van der Waals surface area contributed by atoms with Crippen LogP contribution in [0.15, 0.2) is 29.3 Å². The van der Waals surface area contributed by atoms with Gasteiger partial charge in [0.15, 0.2) is 5.96 Å². The van der Waals surface area contributed by atoms with E-state index in [1.807, 2.05) is 4.90 Å². The number of nitrogens with two attached hydrogens (primary N) is 1. The van der Waals surface area contributed by atoms with Gasteiger partial charge in [-0.3, -0.25) is 4.99 Å². The van der Waals surface area contributed by atoms with E-state index in [1.54, 1.807) is 12.1 Å². The number of benzene rings is 1. The second-order valence-corrected chi connectivity index (χ2v) is 6.29. The van der Waals surface area contributed by atoms with Gasteiger partial charge >= 0.3 is 0 Å². The molecule has 0 atom stereocenters. The van der Waals surface area contributed by atoms with Gasteiger partial charge in [0.2, 0.25) is 6.43 Å². The number of nitrogens with zero attached hydrogens (tertiary/aromatic N) is 3. The van der Waals surface area contributed by atoms with Crippen LogP contribution in [0.1, 0.15) is 12.8 Å². The van der Waals surface area contributed by atoms with E-state index < -0.39 is 11.8 Å². The van der Waals surface area contributed by atoms with Crippen molar-refractivity contribution in [2.45, 2.75) is 19.3 Å². The number of aliphatic imine (C=N–C) groups is 1. The molecule has 126 valence electrons. The topological polar surface area (TPSA) is 44.9 Å². The molecule has 0 spiro atoms. The van der Waals surface area contributed by atoms with Crippen LogP contribution in [-0.2, 0) is 0 Å². The summed E-state index contributed by atoms with van der Waals surface area (Å²) in [6.07, 6.45) is -1.27. The predicted octanol–water partition coefficient (Wildman–Crippen LogP) is 2.31. The van der Waals surface area contributed by atoms with E-state index in [0.717, 1.165) is 18.8 Å². The number of rotatable bonds is 4. The van der Waals surface area contributed by atoms with Gasteiger partial charge in [0.05, 0.1) is 12.0 Å². The summed E-state index contributed by atoms with van der Waals surface area (Å²) in [7, 11) is 0. The minimum atomic E-state index is -2.32. The third-order valence-electron chi connectivity index (χ3n) is 4.71. The van der Waals surface area contributed by atoms with Crippen molar-refractivity contribution in [3.63, 3.8) is 0 Å². The molecule has 3 rings (SSSR count). The Bertz CT molecular complexity index is 561.